The first-order valence-corrected chi connectivity index (χ1v) is 9.72. The van der Waals surface area contributed by atoms with E-state index in [0.717, 1.165) is 59.5 Å². The number of benzene rings is 3. The van der Waals surface area contributed by atoms with Gasteiger partial charge in [0.25, 0.3) is 0 Å². The number of allylic oxidation sites excluding steroid dienone is 4. The summed E-state index contributed by atoms with van der Waals surface area (Å²) in [7, 11) is 0. The summed E-state index contributed by atoms with van der Waals surface area (Å²) in [4.78, 5) is 0. The van der Waals surface area contributed by atoms with E-state index < -0.39 is 0 Å². The molecule has 0 aliphatic rings. The Morgan fingerprint density at radius 3 is 2.22 bits per heavy atom. The zero-order valence-corrected chi connectivity index (χ0v) is 16.6. The van der Waals surface area contributed by atoms with Crippen molar-refractivity contribution in [3.05, 3.63) is 76.8 Å². The molecule has 2 aromatic heterocycles. The van der Waals surface area contributed by atoms with E-state index in [9.17, 15) is 0 Å². The average Bonchev–Trinajstić information content (AvgIpc) is 3.25. The maximum Gasteiger partial charge on any atom is 0.147 e. The Morgan fingerprint density at radius 1 is 0.852 bits per heavy atom. The number of hydrogen-bond donors (Lipinski definition) is 0. The van der Waals surface area contributed by atoms with Gasteiger partial charge in [0, 0.05) is 26.2 Å². The van der Waals surface area contributed by atoms with Crippen molar-refractivity contribution >= 4 is 65.4 Å². The Hall–Kier alpha value is -2.78. The molecule has 0 fully saturated rings. The lowest BCUT2D eigenvalue weighted by molar-refractivity contribution is 0.662. The Morgan fingerprint density at radius 2 is 1.48 bits per heavy atom. The SMILES string of the molecule is C/C=C(Br)\C=C(/C)c1cc2c3ccccc3oc2c2c1oc1ccccc12. The monoisotopic (exact) mass is 416 g/mol. The average molecular weight is 417 g/mol. The van der Waals surface area contributed by atoms with Gasteiger partial charge in [-0.15, -0.1) is 0 Å². The highest BCUT2D eigenvalue weighted by Crippen LogP contribution is 2.42. The quantitative estimate of drug-likeness (QED) is 0.271. The first kappa shape index (κ1) is 16.4. The van der Waals surface area contributed by atoms with Gasteiger partial charge in [-0.1, -0.05) is 58.4 Å². The van der Waals surface area contributed by atoms with Crippen LogP contribution in [0.5, 0.6) is 0 Å². The lowest BCUT2D eigenvalue weighted by Gasteiger charge is -2.04. The molecule has 0 N–H and O–H groups in total. The zero-order chi connectivity index (χ0) is 18.5. The molecule has 0 radical (unpaired) electrons. The molecule has 3 aromatic carbocycles. The predicted octanol–water partition coefficient (Wildman–Crippen LogP) is 8.19. The van der Waals surface area contributed by atoms with Crippen molar-refractivity contribution in [3.63, 3.8) is 0 Å². The standard InChI is InChI=1S/C24H17BrO2/c1-3-15(25)12-14(2)18-13-19-16-8-4-6-10-20(16)26-24(19)22-17-9-5-7-11-21(17)27-23(18)22/h3-13H,1-2H3/b14-12+,15-3+. The third-order valence-electron chi connectivity index (χ3n) is 5.04. The van der Waals surface area contributed by atoms with E-state index in [1.165, 1.54) is 0 Å². The van der Waals surface area contributed by atoms with Crippen LogP contribution in [0.15, 0.2) is 80.1 Å². The molecule has 5 aromatic rings. The molecule has 0 bridgehead atoms. The fourth-order valence-corrected chi connectivity index (χ4v) is 4.07. The van der Waals surface area contributed by atoms with E-state index in [1.54, 1.807) is 0 Å². The van der Waals surface area contributed by atoms with Gasteiger partial charge in [-0.05, 0) is 43.7 Å². The molecule has 0 saturated heterocycles. The highest BCUT2D eigenvalue weighted by Gasteiger charge is 2.20. The van der Waals surface area contributed by atoms with Gasteiger partial charge in [-0.3, -0.25) is 0 Å². The van der Waals surface area contributed by atoms with Crippen LogP contribution in [-0.2, 0) is 0 Å². The van der Waals surface area contributed by atoms with Gasteiger partial charge in [0.15, 0.2) is 0 Å². The highest BCUT2D eigenvalue weighted by molar-refractivity contribution is 9.11. The van der Waals surface area contributed by atoms with Crippen LogP contribution in [0.4, 0.5) is 0 Å². The molecule has 132 valence electrons. The molecule has 0 amide bonds. The number of furan rings is 2. The summed E-state index contributed by atoms with van der Waals surface area (Å²) in [6, 6.07) is 18.5. The molecule has 2 heterocycles. The minimum Gasteiger partial charge on any atom is -0.455 e. The molecular formula is C24H17BrO2. The van der Waals surface area contributed by atoms with E-state index in [2.05, 4.69) is 47.1 Å². The van der Waals surface area contributed by atoms with Crippen molar-refractivity contribution in [1.82, 2.24) is 0 Å². The minimum atomic E-state index is 0.868. The largest absolute Gasteiger partial charge is 0.455 e. The first-order valence-electron chi connectivity index (χ1n) is 8.93. The minimum absolute atomic E-state index is 0.868. The van der Waals surface area contributed by atoms with Crippen molar-refractivity contribution < 1.29 is 8.83 Å². The van der Waals surface area contributed by atoms with Gasteiger partial charge in [0.05, 0.1) is 5.39 Å². The Labute approximate surface area is 164 Å². The van der Waals surface area contributed by atoms with Crippen LogP contribution < -0.4 is 0 Å². The summed E-state index contributed by atoms with van der Waals surface area (Å²) < 4.78 is 13.6. The number of hydrogen-bond acceptors (Lipinski definition) is 2. The highest BCUT2D eigenvalue weighted by atomic mass is 79.9. The maximum atomic E-state index is 6.29. The zero-order valence-electron chi connectivity index (χ0n) is 15.0. The lowest BCUT2D eigenvalue weighted by Crippen LogP contribution is -1.83. The van der Waals surface area contributed by atoms with Gasteiger partial charge in [-0.25, -0.2) is 0 Å². The van der Waals surface area contributed by atoms with Crippen molar-refractivity contribution in [2.45, 2.75) is 13.8 Å². The van der Waals surface area contributed by atoms with Gasteiger partial charge < -0.3 is 8.83 Å². The third-order valence-corrected chi connectivity index (χ3v) is 5.73. The second-order valence-corrected chi connectivity index (χ2v) is 7.62. The second-order valence-electron chi connectivity index (χ2n) is 6.70. The van der Waals surface area contributed by atoms with Crippen molar-refractivity contribution in [2.75, 3.05) is 0 Å². The summed E-state index contributed by atoms with van der Waals surface area (Å²) in [5, 5.41) is 4.36. The molecule has 27 heavy (non-hydrogen) atoms. The molecule has 0 unspecified atom stereocenters. The molecule has 0 spiro atoms. The number of para-hydroxylation sites is 2. The maximum absolute atomic E-state index is 6.29. The van der Waals surface area contributed by atoms with Gasteiger partial charge in [0.1, 0.15) is 22.3 Å². The van der Waals surface area contributed by atoms with Crippen LogP contribution in [0.2, 0.25) is 0 Å². The lowest BCUT2D eigenvalue weighted by atomic mass is 9.99. The van der Waals surface area contributed by atoms with E-state index in [1.807, 2.05) is 49.4 Å². The number of halogens is 1. The summed E-state index contributed by atoms with van der Waals surface area (Å²) in [5.74, 6) is 0. The van der Waals surface area contributed by atoms with Crippen LogP contribution in [0, 0.1) is 0 Å². The van der Waals surface area contributed by atoms with E-state index in [4.69, 9.17) is 8.83 Å². The molecule has 0 saturated carbocycles. The van der Waals surface area contributed by atoms with Crippen LogP contribution in [0.25, 0.3) is 49.5 Å². The van der Waals surface area contributed by atoms with Crippen LogP contribution in [0.3, 0.4) is 0 Å². The fraction of sp³-hybridized carbons (Fsp3) is 0.0833. The molecule has 5 rings (SSSR count). The summed E-state index contributed by atoms with van der Waals surface area (Å²) in [5.41, 5.74) is 5.74. The summed E-state index contributed by atoms with van der Waals surface area (Å²) in [6.07, 6.45) is 4.15. The van der Waals surface area contributed by atoms with Gasteiger partial charge >= 0.3 is 0 Å². The smallest absolute Gasteiger partial charge is 0.147 e. The van der Waals surface area contributed by atoms with E-state index in [-0.39, 0.29) is 0 Å². The summed E-state index contributed by atoms with van der Waals surface area (Å²) >= 11 is 3.59. The van der Waals surface area contributed by atoms with Gasteiger partial charge in [-0.2, -0.15) is 0 Å². The molecule has 0 aliphatic carbocycles. The predicted molar refractivity (Wildman–Crippen MR) is 117 cm³/mol. The first-order chi connectivity index (χ1) is 13.2. The molecular weight excluding hydrogens is 400 g/mol. The number of rotatable bonds is 2. The third kappa shape index (κ3) is 2.46. The van der Waals surface area contributed by atoms with Crippen molar-refractivity contribution in [3.8, 4) is 0 Å². The topological polar surface area (TPSA) is 26.3 Å². The van der Waals surface area contributed by atoms with E-state index in [0.29, 0.717) is 0 Å². The van der Waals surface area contributed by atoms with Gasteiger partial charge in [0.2, 0.25) is 0 Å². The molecule has 3 heteroatoms. The van der Waals surface area contributed by atoms with E-state index >= 15 is 0 Å². The molecule has 0 atom stereocenters. The Balaban J connectivity index is 2.02. The molecule has 2 nitrogen and oxygen atoms in total. The molecule has 0 aliphatic heterocycles. The Bertz CT molecular complexity index is 1400. The fourth-order valence-electron chi connectivity index (χ4n) is 3.73. The van der Waals surface area contributed by atoms with Crippen LogP contribution in [0.1, 0.15) is 19.4 Å². The summed E-state index contributed by atoms with van der Waals surface area (Å²) in [6.45, 7) is 4.12. The van der Waals surface area contributed by atoms with Crippen molar-refractivity contribution in [2.24, 2.45) is 0 Å². The van der Waals surface area contributed by atoms with Crippen LogP contribution >= 0.6 is 15.9 Å². The van der Waals surface area contributed by atoms with Crippen LogP contribution in [-0.4, -0.2) is 0 Å². The normalized spacial score (nSPS) is 13.4. The second kappa shape index (κ2) is 6.14. The number of fused-ring (bicyclic) bond motifs is 7. The Kier molecular flexibility index (Phi) is 3.73. The van der Waals surface area contributed by atoms with Crippen molar-refractivity contribution in [1.29, 1.82) is 0 Å².